The van der Waals surface area contributed by atoms with Crippen molar-refractivity contribution in [3.05, 3.63) is 24.3 Å². The van der Waals surface area contributed by atoms with Crippen molar-refractivity contribution in [3.8, 4) is 0 Å². The van der Waals surface area contributed by atoms with Gasteiger partial charge in [-0.2, -0.15) is 4.98 Å². The summed E-state index contributed by atoms with van der Waals surface area (Å²) in [6.45, 7) is 5.53. The number of para-hydroxylation sites is 2. The Labute approximate surface area is 124 Å². The molecule has 2 aromatic rings. The number of carbonyl (C=O) groups excluding carboxylic acids is 1. The van der Waals surface area contributed by atoms with Crippen LogP contribution >= 0.6 is 0 Å². The standard InChI is InChI=1S/C16H21N3O2/c1-11(2)17-15(20)12-6-5-9-19(10-12)16-18-13-7-3-4-8-14(13)21-16/h3-4,7-8,11-12H,5-6,9-10H2,1-2H3,(H,17,20). The Bertz CT molecular complexity index is 602. The lowest BCUT2D eigenvalue weighted by Gasteiger charge is -2.31. The molecule has 21 heavy (non-hydrogen) atoms. The van der Waals surface area contributed by atoms with E-state index in [2.05, 4.69) is 15.2 Å². The van der Waals surface area contributed by atoms with Crippen LogP contribution in [0.1, 0.15) is 26.7 Å². The average Bonchev–Trinajstić information content (AvgIpc) is 2.90. The highest BCUT2D eigenvalue weighted by atomic mass is 16.4. The molecule has 1 aromatic carbocycles. The van der Waals surface area contributed by atoms with Gasteiger partial charge >= 0.3 is 0 Å². The molecule has 1 aliphatic heterocycles. The summed E-state index contributed by atoms with van der Waals surface area (Å²) in [7, 11) is 0. The van der Waals surface area contributed by atoms with Crippen LogP contribution in [0.25, 0.3) is 11.1 Å². The molecule has 0 aliphatic carbocycles. The molecule has 1 saturated heterocycles. The van der Waals surface area contributed by atoms with Crippen LogP contribution in [-0.2, 0) is 4.79 Å². The molecule has 5 nitrogen and oxygen atoms in total. The van der Waals surface area contributed by atoms with Gasteiger partial charge in [-0.15, -0.1) is 0 Å². The lowest BCUT2D eigenvalue weighted by Crippen LogP contribution is -2.44. The number of nitrogens with zero attached hydrogens (tertiary/aromatic N) is 2. The molecule has 1 atom stereocenters. The van der Waals surface area contributed by atoms with Gasteiger partial charge in [0.2, 0.25) is 5.91 Å². The van der Waals surface area contributed by atoms with E-state index in [4.69, 9.17) is 4.42 Å². The van der Waals surface area contributed by atoms with E-state index in [0.717, 1.165) is 30.5 Å². The minimum atomic E-state index is 0.0103. The van der Waals surface area contributed by atoms with Gasteiger partial charge in [-0.25, -0.2) is 0 Å². The summed E-state index contributed by atoms with van der Waals surface area (Å²) in [6, 6.07) is 8.54. The van der Waals surface area contributed by atoms with Crippen LogP contribution in [-0.4, -0.2) is 30.0 Å². The van der Waals surface area contributed by atoms with Gasteiger partial charge in [0.15, 0.2) is 5.58 Å². The molecule has 112 valence electrons. The van der Waals surface area contributed by atoms with Gasteiger partial charge < -0.3 is 14.6 Å². The first-order valence-electron chi connectivity index (χ1n) is 7.54. The van der Waals surface area contributed by atoms with E-state index < -0.39 is 0 Å². The second-order valence-electron chi connectivity index (χ2n) is 5.91. The molecule has 1 N–H and O–H groups in total. The zero-order valence-corrected chi connectivity index (χ0v) is 12.5. The van der Waals surface area contributed by atoms with E-state index >= 15 is 0 Å². The number of fused-ring (bicyclic) bond motifs is 1. The Kier molecular flexibility index (Phi) is 3.82. The predicted octanol–water partition coefficient (Wildman–Crippen LogP) is 2.57. The second kappa shape index (κ2) is 5.76. The Hall–Kier alpha value is -2.04. The zero-order chi connectivity index (χ0) is 14.8. The van der Waals surface area contributed by atoms with Crippen LogP contribution in [0.2, 0.25) is 0 Å². The van der Waals surface area contributed by atoms with E-state index in [1.807, 2.05) is 38.1 Å². The van der Waals surface area contributed by atoms with Crippen molar-refractivity contribution in [2.75, 3.05) is 18.0 Å². The number of rotatable bonds is 3. The van der Waals surface area contributed by atoms with Gasteiger partial charge in [0.05, 0.1) is 5.92 Å². The fraction of sp³-hybridized carbons (Fsp3) is 0.500. The molecule has 0 radical (unpaired) electrons. The van der Waals surface area contributed by atoms with Crippen LogP contribution in [0.3, 0.4) is 0 Å². The molecule has 1 amide bonds. The van der Waals surface area contributed by atoms with Gasteiger partial charge in [-0.1, -0.05) is 12.1 Å². The summed E-state index contributed by atoms with van der Waals surface area (Å²) in [5.41, 5.74) is 1.66. The Morgan fingerprint density at radius 1 is 1.43 bits per heavy atom. The maximum Gasteiger partial charge on any atom is 0.298 e. The van der Waals surface area contributed by atoms with Gasteiger partial charge in [0, 0.05) is 19.1 Å². The van der Waals surface area contributed by atoms with Crippen molar-refractivity contribution in [1.82, 2.24) is 10.3 Å². The van der Waals surface area contributed by atoms with Crippen molar-refractivity contribution in [2.24, 2.45) is 5.92 Å². The quantitative estimate of drug-likeness (QED) is 0.942. The minimum Gasteiger partial charge on any atom is -0.423 e. The van der Waals surface area contributed by atoms with Crippen LogP contribution in [0.4, 0.5) is 6.01 Å². The first kappa shape index (κ1) is 13.9. The van der Waals surface area contributed by atoms with E-state index in [9.17, 15) is 4.79 Å². The second-order valence-corrected chi connectivity index (χ2v) is 5.91. The Balaban J connectivity index is 1.74. The Morgan fingerprint density at radius 2 is 2.24 bits per heavy atom. The number of oxazole rings is 1. The third-order valence-corrected chi connectivity index (χ3v) is 3.78. The van der Waals surface area contributed by atoms with Crippen molar-refractivity contribution in [3.63, 3.8) is 0 Å². The van der Waals surface area contributed by atoms with E-state index in [1.54, 1.807) is 0 Å². The fourth-order valence-corrected chi connectivity index (χ4v) is 2.76. The number of hydrogen-bond acceptors (Lipinski definition) is 4. The molecule has 1 aromatic heterocycles. The molecule has 0 spiro atoms. The largest absolute Gasteiger partial charge is 0.423 e. The normalized spacial score (nSPS) is 19.2. The third kappa shape index (κ3) is 3.01. The molecular weight excluding hydrogens is 266 g/mol. The minimum absolute atomic E-state index is 0.0103. The van der Waals surface area contributed by atoms with Gasteiger partial charge in [0.25, 0.3) is 6.01 Å². The molecule has 2 heterocycles. The summed E-state index contributed by atoms with van der Waals surface area (Å²) >= 11 is 0. The topological polar surface area (TPSA) is 58.4 Å². The molecular formula is C16H21N3O2. The predicted molar refractivity (Wildman–Crippen MR) is 82.2 cm³/mol. The maximum atomic E-state index is 12.2. The maximum absolute atomic E-state index is 12.2. The van der Waals surface area contributed by atoms with Gasteiger partial charge in [0.1, 0.15) is 5.52 Å². The molecule has 0 bridgehead atoms. The lowest BCUT2D eigenvalue weighted by molar-refractivity contribution is -0.125. The van der Waals surface area contributed by atoms with Crippen molar-refractivity contribution < 1.29 is 9.21 Å². The highest BCUT2D eigenvalue weighted by Gasteiger charge is 2.28. The average molecular weight is 287 g/mol. The number of amides is 1. The summed E-state index contributed by atoms with van der Waals surface area (Å²) in [5, 5.41) is 2.99. The smallest absolute Gasteiger partial charge is 0.298 e. The zero-order valence-electron chi connectivity index (χ0n) is 12.5. The monoisotopic (exact) mass is 287 g/mol. The molecule has 1 fully saturated rings. The van der Waals surface area contributed by atoms with Gasteiger partial charge in [-0.05, 0) is 38.8 Å². The number of carbonyl (C=O) groups is 1. The van der Waals surface area contributed by atoms with E-state index in [1.165, 1.54) is 0 Å². The number of nitrogens with one attached hydrogen (secondary N) is 1. The summed E-state index contributed by atoms with van der Waals surface area (Å²) in [6.07, 6.45) is 1.91. The number of piperidine rings is 1. The van der Waals surface area contributed by atoms with E-state index in [-0.39, 0.29) is 17.9 Å². The third-order valence-electron chi connectivity index (χ3n) is 3.78. The van der Waals surface area contributed by atoms with Crippen molar-refractivity contribution >= 4 is 23.0 Å². The summed E-state index contributed by atoms with van der Waals surface area (Å²) in [5.74, 6) is 0.141. The SMILES string of the molecule is CC(C)NC(=O)C1CCCN(c2nc3ccccc3o2)C1. The van der Waals surface area contributed by atoms with Gasteiger partial charge in [-0.3, -0.25) is 4.79 Å². The Morgan fingerprint density at radius 3 is 3.00 bits per heavy atom. The molecule has 0 saturated carbocycles. The van der Waals surface area contributed by atoms with Crippen LogP contribution in [0.5, 0.6) is 0 Å². The van der Waals surface area contributed by atoms with Crippen LogP contribution in [0.15, 0.2) is 28.7 Å². The first-order valence-corrected chi connectivity index (χ1v) is 7.54. The summed E-state index contributed by atoms with van der Waals surface area (Å²) in [4.78, 5) is 18.8. The lowest BCUT2D eigenvalue weighted by atomic mass is 9.97. The highest BCUT2D eigenvalue weighted by Crippen LogP contribution is 2.26. The molecule has 3 rings (SSSR count). The highest BCUT2D eigenvalue weighted by molar-refractivity contribution is 5.80. The van der Waals surface area contributed by atoms with Crippen LogP contribution in [0, 0.1) is 5.92 Å². The number of aromatic nitrogens is 1. The molecule has 1 aliphatic rings. The van der Waals surface area contributed by atoms with Crippen molar-refractivity contribution in [2.45, 2.75) is 32.7 Å². The number of anilines is 1. The van der Waals surface area contributed by atoms with E-state index in [0.29, 0.717) is 12.6 Å². The van der Waals surface area contributed by atoms with Crippen LogP contribution < -0.4 is 10.2 Å². The fourth-order valence-electron chi connectivity index (χ4n) is 2.76. The number of benzene rings is 1. The molecule has 5 heteroatoms. The van der Waals surface area contributed by atoms with Crippen molar-refractivity contribution in [1.29, 1.82) is 0 Å². The summed E-state index contributed by atoms with van der Waals surface area (Å²) < 4.78 is 5.80. The first-order chi connectivity index (χ1) is 10.1. The number of hydrogen-bond donors (Lipinski definition) is 1. The molecule has 1 unspecified atom stereocenters.